The molecule has 7 nitrogen and oxygen atoms in total. The number of amidine groups is 1. The minimum Gasteiger partial charge on any atom is -0.467 e. The summed E-state index contributed by atoms with van der Waals surface area (Å²) in [6.07, 6.45) is 1.57. The van der Waals surface area contributed by atoms with Crippen LogP contribution in [0, 0.1) is 6.92 Å². The van der Waals surface area contributed by atoms with Crippen molar-refractivity contribution in [1.82, 2.24) is 5.32 Å². The molecule has 3 heterocycles. The number of carbonyl (C=O) groups is 1. The second-order valence-electron chi connectivity index (χ2n) is 6.65. The Balaban J connectivity index is 1.44. The average molecular weight is 406 g/mol. The van der Waals surface area contributed by atoms with E-state index in [0.29, 0.717) is 23.0 Å². The Labute approximate surface area is 161 Å². The summed E-state index contributed by atoms with van der Waals surface area (Å²) >= 11 is 1.46. The van der Waals surface area contributed by atoms with E-state index in [9.17, 15) is 13.2 Å². The molecule has 1 saturated heterocycles. The van der Waals surface area contributed by atoms with Crippen molar-refractivity contribution >= 4 is 38.4 Å². The normalized spacial score (nSPS) is 22.9. The first-order valence-corrected chi connectivity index (χ1v) is 11.2. The molecule has 27 heavy (non-hydrogen) atoms. The van der Waals surface area contributed by atoms with Gasteiger partial charge in [0.05, 0.1) is 30.4 Å². The standard InChI is InChI=1S/C18H19N3O4S2/c1-11-4-5-12(17(22)19-8-13-3-2-6-25-13)7-14(11)20-18-21-15-9-27(23,24)10-16(15)26-18/h2-7,15-16H,8-10H2,1H3,(H,19,22)(H,20,21)/t15-,16+/m0/s1. The number of nitrogens with zero attached hydrogens (tertiary/aromatic N) is 1. The third-order valence-corrected chi connectivity index (χ3v) is 7.70. The van der Waals surface area contributed by atoms with Gasteiger partial charge in [0.1, 0.15) is 5.76 Å². The van der Waals surface area contributed by atoms with E-state index in [-0.39, 0.29) is 28.7 Å². The van der Waals surface area contributed by atoms with Gasteiger partial charge in [-0.2, -0.15) is 0 Å². The van der Waals surface area contributed by atoms with Gasteiger partial charge in [0.2, 0.25) is 0 Å². The first kappa shape index (κ1) is 18.1. The Hall–Kier alpha value is -2.26. The molecule has 2 N–H and O–H groups in total. The van der Waals surface area contributed by atoms with E-state index in [4.69, 9.17) is 4.42 Å². The van der Waals surface area contributed by atoms with Crippen LogP contribution in [0.15, 0.2) is 46.0 Å². The summed E-state index contributed by atoms with van der Waals surface area (Å²) in [5.41, 5.74) is 2.29. The van der Waals surface area contributed by atoms with Gasteiger partial charge in [0.15, 0.2) is 15.0 Å². The monoisotopic (exact) mass is 405 g/mol. The number of amides is 1. The zero-order valence-electron chi connectivity index (χ0n) is 14.6. The lowest BCUT2D eigenvalue weighted by molar-refractivity contribution is 0.0948. The van der Waals surface area contributed by atoms with Crippen LogP contribution in [-0.2, 0) is 16.4 Å². The Morgan fingerprint density at radius 3 is 2.93 bits per heavy atom. The lowest BCUT2D eigenvalue weighted by Gasteiger charge is -2.12. The van der Waals surface area contributed by atoms with Gasteiger partial charge in [-0.3, -0.25) is 9.79 Å². The van der Waals surface area contributed by atoms with Gasteiger partial charge in [0, 0.05) is 16.5 Å². The van der Waals surface area contributed by atoms with E-state index < -0.39 is 9.84 Å². The number of carbonyl (C=O) groups excluding carboxylic acids is 1. The lowest BCUT2D eigenvalue weighted by atomic mass is 10.1. The van der Waals surface area contributed by atoms with Crippen LogP contribution in [0.2, 0.25) is 0 Å². The minimum absolute atomic E-state index is 0.0161. The number of nitrogens with one attached hydrogen (secondary N) is 2. The Bertz CT molecular complexity index is 1000. The van der Waals surface area contributed by atoms with Crippen molar-refractivity contribution in [2.24, 2.45) is 4.99 Å². The molecule has 0 radical (unpaired) electrons. The van der Waals surface area contributed by atoms with Gasteiger partial charge in [0.25, 0.3) is 5.91 Å². The molecule has 2 aromatic rings. The topological polar surface area (TPSA) is 101 Å². The van der Waals surface area contributed by atoms with E-state index in [2.05, 4.69) is 15.6 Å². The van der Waals surface area contributed by atoms with E-state index >= 15 is 0 Å². The summed E-state index contributed by atoms with van der Waals surface area (Å²) < 4.78 is 28.6. The maximum Gasteiger partial charge on any atom is 0.251 e. The van der Waals surface area contributed by atoms with Crippen LogP contribution in [0.25, 0.3) is 0 Å². The first-order chi connectivity index (χ1) is 12.9. The predicted octanol–water partition coefficient (Wildman–Crippen LogP) is 2.20. The maximum atomic E-state index is 12.4. The number of furan rings is 1. The van der Waals surface area contributed by atoms with Crippen molar-refractivity contribution in [1.29, 1.82) is 0 Å². The fourth-order valence-corrected chi connectivity index (χ4v) is 6.78. The quantitative estimate of drug-likeness (QED) is 0.809. The molecule has 9 heteroatoms. The molecule has 1 aromatic heterocycles. The molecule has 2 aliphatic heterocycles. The summed E-state index contributed by atoms with van der Waals surface area (Å²) in [5, 5.41) is 6.76. The van der Waals surface area contributed by atoms with E-state index in [1.807, 2.05) is 13.0 Å². The van der Waals surface area contributed by atoms with Gasteiger partial charge < -0.3 is 15.1 Å². The lowest BCUT2D eigenvalue weighted by Crippen LogP contribution is -2.22. The van der Waals surface area contributed by atoms with Crippen LogP contribution in [0.5, 0.6) is 0 Å². The van der Waals surface area contributed by atoms with Crippen molar-refractivity contribution < 1.29 is 17.6 Å². The molecule has 0 aliphatic carbocycles. The largest absolute Gasteiger partial charge is 0.467 e. The molecular weight excluding hydrogens is 386 g/mol. The third kappa shape index (κ3) is 4.03. The molecule has 1 fully saturated rings. The van der Waals surface area contributed by atoms with Gasteiger partial charge >= 0.3 is 0 Å². The number of rotatable bonds is 4. The molecule has 0 bridgehead atoms. The van der Waals surface area contributed by atoms with Gasteiger partial charge in [-0.25, -0.2) is 8.42 Å². The van der Waals surface area contributed by atoms with Crippen molar-refractivity contribution in [3.63, 3.8) is 0 Å². The Morgan fingerprint density at radius 2 is 2.19 bits per heavy atom. The average Bonchev–Trinajstić information content (AvgIpc) is 3.29. The second-order valence-corrected chi connectivity index (χ2v) is 10.0. The van der Waals surface area contributed by atoms with Crippen molar-refractivity contribution in [2.75, 3.05) is 16.8 Å². The second kappa shape index (κ2) is 7.05. The molecule has 142 valence electrons. The number of fused-ring (bicyclic) bond motifs is 1. The number of hydrogen-bond donors (Lipinski definition) is 2. The molecule has 0 unspecified atom stereocenters. The Morgan fingerprint density at radius 1 is 1.33 bits per heavy atom. The predicted molar refractivity (Wildman–Crippen MR) is 106 cm³/mol. The molecule has 0 saturated carbocycles. The summed E-state index contributed by atoms with van der Waals surface area (Å²) in [6.45, 7) is 2.27. The molecule has 1 aromatic carbocycles. The number of hydrogen-bond acceptors (Lipinski definition) is 7. The Kier molecular flexibility index (Phi) is 4.73. The SMILES string of the molecule is Cc1ccc(C(=O)NCc2ccco2)cc1NC1=N[C@H]2CS(=O)(=O)C[C@H]2S1. The van der Waals surface area contributed by atoms with Crippen LogP contribution < -0.4 is 10.6 Å². The minimum atomic E-state index is -2.97. The molecular formula is C18H19N3O4S2. The highest BCUT2D eigenvalue weighted by atomic mass is 32.2. The first-order valence-electron chi connectivity index (χ1n) is 8.53. The number of anilines is 1. The molecule has 2 atom stereocenters. The molecule has 2 aliphatic rings. The highest BCUT2D eigenvalue weighted by Crippen LogP contribution is 2.35. The fraction of sp³-hybridized carbons (Fsp3) is 0.333. The summed E-state index contributed by atoms with van der Waals surface area (Å²) in [5.74, 6) is 0.778. The van der Waals surface area contributed by atoms with Crippen LogP contribution in [-0.4, -0.2) is 42.3 Å². The zero-order valence-corrected chi connectivity index (χ0v) is 16.3. The summed E-state index contributed by atoms with van der Waals surface area (Å²) in [4.78, 5) is 16.9. The van der Waals surface area contributed by atoms with Crippen molar-refractivity contribution in [3.8, 4) is 0 Å². The highest BCUT2D eigenvalue weighted by molar-refractivity contribution is 8.15. The number of aliphatic imine (C=N–C) groups is 1. The number of sulfone groups is 1. The molecule has 0 spiro atoms. The number of aryl methyl sites for hydroxylation is 1. The van der Waals surface area contributed by atoms with Crippen molar-refractivity contribution in [3.05, 3.63) is 53.5 Å². The van der Waals surface area contributed by atoms with Gasteiger partial charge in [-0.05, 0) is 36.8 Å². The van der Waals surface area contributed by atoms with Crippen LogP contribution in [0.4, 0.5) is 5.69 Å². The van der Waals surface area contributed by atoms with Crippen LogP contribution in [0.3, 0.4) is 0 Å². The van der Waals surface area contributed by atoms with Crippen molar-refractivity contribution in [2.45, 2.75) is 24.8 Å². The molecule has 4 rings (SSSR count). The number of benzene rings is 1. The fourth-order valence-electron chi connectivity index (χ4n) is 3.11. The third-order valence-electron chi connectivity index (χ3n) is 4.56. The van der Waals surface area contributed by atoms with E-state index in [1.165, 1.54) is 11.8 Å². The summed E-state index contributed by atoms with van der Waals surface area (Å²) in [6, 6.07) is 8.81. The highest BCUT2D eigenvalue weighted by Gasteiger charge is 2.42. The van der Waals surface area contributed by atoms with E-state index in [1.54, 1.807) is 30.5 Å². The van der Waals surface area contributed by atoms with Gasteiger partial charge in [-0.1, -0.05) is 17.8 Å². The smallest absolute Gasteiger partial charge is 0.251 e. The zero-order chi connectivity index (χ0) is 19.0. The van der Waals surface area contributed by atoms with Crippen LogP contribution >= 0.6 is 11.8 Å². The van der Waals surface area contributed by atoms with Crippen LogP contribution in [0.1, 0.15) is 21.7 Å². The molecule has 1 amide bonds. The van der Waals surface area contributed by atoms with E-state index in [0.717, 1.165) is 11.3 Å². The number of thioether (sulfide) groups is 1. The maximum absolute atomic E-state index is 12.4. The summed E-state index contributed by atoms with van der Waals surface area (Å²) in [7, 11) is -2.97. The van der Waals surface area contributed by atoms with Gasteiger partial charge in [-0.15, -0.1) is 0 Å².